The Labute approximate surface area is 184 Å². The van der Waals surface area contributed by atoms with Gasteiger partial charge in [-0.1, -0.05) is 22.0 Å². The van der Waals surface area contributed by atoms with E-state index in [1.807, 2.05) is 0 Å². The molecule has 0 aliphatic heterocycles. The molecule has 3 rings (SSSR count). The van der Waals surface area contributed by atoms with Gasteiger partial charge in [-0.3, -0.25) is 9.59 Å². The van der Waals surface area contributed by atoms with Crippen LogP contribution in [0.25, 0.3) is 0 Å². The van der Waals surface area contributed by atoms with Gasteiger partial charge >= 0.3 is 17.8 Å². The molecule has 2 amide bonds. The van der Waals surface area contributed by atoms with E-state index in [1.165, 1.54) is 11.3 Å². The van der Waals surface area contributed by atoms with E-state index in [-0.39, 0.29) is 0 Å². The number of esters is 1. The number of nitrogens with zero attached hydrogens (tertiary/aromatic N) is 1. The van der Waals surface area contributed by atoms with E-state index in [9.17, 15) is 14.4 Å². The fourth-order valence-electron chi connectivity index (χ4n) is 2.29. The number of halogens is 1. The van der Waals surface area contributed by atoms with Crippen molar-refractivity contribution in [2.24, 2.45) is 5.10 Å². The highest BCUT2D eigenvalue weighted by Gasteiger charge is 2.13. The predicted molar refractivity (Wildman–Crippen MR) is 119 cm³/mol. The van der Waals surface area contributed by atoms with Crippen molar-refractivity contribution in [2.75, 3.05) is 5.32 Å². The lowest BCUT2D eigenvalue weighted by atomic mass is 10.1. The van der Waals surface area contributed by atoms with Crippen LogP contribution in [-0.4, -0.2) is 23.5 Å². The zero-order valence-corrected chi connectivity index (χ0v) is 18.1. The Hall–Kier alpha value is -3.30. The summed E-state index contributed by atoms with van der Waals surface area (Å²) in [7, 11) is 0. The first-order valence-electron chi connectivity index (χ1n) is 8.69. The van der Waals surface area contributed by atoms with Crippen molar-refractivity contribution in [3.63, 3.8) is 0 Å². The van der Waals surface area contributed by atoms with Gasteiger partial charge in [-0.15, -0.1) is 11.3 Å². The maximum absolute atomic E-state index is 12.0. The molecule has 0 atom stereocenters. The van der Waals surface area contributed by atoms with Gasteiger partial charge in [0.1, 0.15) is 10.6 Å². The van der Waals surface area contributed by atoms with E-state index in [4.69, 9.17) is 4.74 Å². The average Bonchev–Trinajstić information content (AvgIpc) is 3.29. The molecule has 0 unspecified atom stereocenters. The molecule has 0 radical (unpaired) electrons. The molecule has 1 heterocycles. The molecule has 2 N–H and O–H groups in total. The zero-order valence-electron chi connectivity index (χ0n) is 15.7. The lowest BCUT2D eigenvalue weighted by Crippen LogP contribution is -2.32. The number of hydrogen-bond acceptors (Lipinski definition) is 6. The lowest BCUT2D eigenvalue weighted by Gasteiger charge is -2.06. The van der Waals surface area contributed by atoms with Crippen molar-refractivity contribution in [3.05, 3.63) is 81.0 Å². The molecule has 0 saturated carbocycles. The summed E-state index contributed by atoms with van der Waals surface area (Å²) in [6.45, 7) is 1.68. The van der Waals surface area contributed by atoms with Crippen molar-refractivity contribution < 1.29 is 19.1 Å². The molecule has 0 aliphatic rings. The number of carbonyl (C=O) groups excluding carboxylic acids is 3. The molecule has 0 bridgehead atoms. The molecular formula is C21H16BrN3O4S. The van der Waals surface area contributed by atoms with Gasteiger partial charge in [-0.05, 0) is 72.5 Å². The zero-order chi connectivity index (χ0) is 21.5. The Morgan fingerprint density at radius 1 is 0.967 bits per heavy atom. The Balaban J connectivity index is 1.55. The van der Waals surface area contributed by atoms with E-state index in [0.29, 0.717) is 27.6 Å². The number of rotatable bonds is 5. The van der Waals surface area contributed by atoms with Crippen LogP contribution in [0.15, 0.2) is 75.6 Å². The summed E-state index contributed by atoms with van der Waals surface area (Å²) >= 11 is 4.60. The molecule has 7 nitrogen and oxygen atoms in total. The Morgan fingerprint density at radius 2 is 1.67 bits per heavy atom. The minimum atomic E-state index is -0.890. The van der Waals surface area contributed by atoms with Gasteiger partial charge < -0.3 is 10.1 Å². The summed E-state index contributed by atoms with van der Waals surface area (Å²) in [5.74, 6) is -1.75. The first-order valence-corrected chi connectivity index (χ1v) is 10.4. The monoisotopic (exact) mass is 485 g/mol. The molecule has 0 spiro atoms. The number of anilines is 1. The Kier molecular flexibility index (Phi) is 7.10. The number of amides is 2. The fraction of sp³-hybridized carbons (Fsp3) is 0.0476. The molecule has 2 aromatic carbocycles. The van der Waals surface area contributed by atoms with Gasteiger partial charge in [-0.25, -0.2) is 10.2 Å². The van der Waals surface area contributed by atoms with Gasteiger partial charge in [0, 0.05) is 10.2 Å². The molecule has 30 heavy (non-hydrogen) atoms. The summed E-state index contributed by atoms with van der Waals surface area (Å²) < 4.78 is 6.15. The lowest BCUT2D eigenvalue weighted by molar-refractivity contribution is -0.136. The molecule has 9 heteroatoms. The second-order valence-corrected chi connectivity index (χ2v) is 7.85. The summed E-state index contributed by atoms with van der Waals surface area (Å²) in [5, 5.41) is 8.22. The topological polar surface area (TPSA) is 96.9 Å². The summed E-state index contributed by atoms with van der Waals surface area (Å²) in [6, 6.07) is 16.9. The van der Waals surface area contributed by atoms with Crippen LogP contribution < -0.4 is 15.5 Å². The second kappa shape index (κ2) is 9.95. The van der Waals surface area contributed by atoms with Crippen molar-refractivity contribution in [3.8, 4) is 5.75 Å². The second-order valence-electron chi connectivity index (χ2n) is 5.99. The van der Waals surface area contributed by atoms with Gasteiger partial charge in [-0.2, -0.15) is 5.10 Å². The number of hydrogen-bond donors (Lipinski definition) is 2. The number of nitrogens with one attached hydrogen (secondary N) is 2. The number of hydrazone groups is 1. The van der Waals surface area contributed by atoms with Crippen LogP contribution >= 0.6 is 27.3 Å². The minimum absolute atomic E-state index is 0.392. The molecule has 0 aliphatic carbocycles. The quantitative estimate of drug-likeness (QED) is 0.186. The van der Waals surface area contributed by atoms with Crippen molar-refractivity contribution in [1.82, 2.24) is 5.43 Å². The van der Waals surface area contributed by atoms with E-state index in [2.05, 4.69) is 31.8 Å². The molecule has 152 valence electrons. The highest BCUT2D eigenvalue weighted by molar-refractivity contribution is 9.10. The summed E-state index contributed by atoms with van der Waals surface area (Å²) in [5.41, 5.74) is 3.89. The minimum Gasteiger partial charge on any atom is -0.422 e. The normalized spacial score (nSPS) is 10.9. The van der Waals surface area contributed by atoms with Crippen molar-refractivity contribution in [1.29, 1.82) is 0 Å². The van der Waals surface area contributed by atoms with Crippen molar-refractivity contribution >= 4 is 56.4 Å². The molecule has 3 aromatic rings. The van der Waals surface area contributed by atoms with E-state index >= 15 is 0 Å². The largest absolute Gasteiger partial charge is 0.422 e. The smallest absolute Gasteiger partial charge is 0.353 e. The van der Waals surface area contributed by atoms with Crippen LogP contribution in [-0.2, 0) is 9.59 Å². The first kappa shape index (κ1) is 21.4. The third-order valence-corrected chi connectivity index (χ3v) is 5.22. The third-order valence-electron chi connectivity index (χ3n) is 3.84. The van der Waals surface area contributed by atoms with Gasteiger partial charge in [0.05, 0.1) is 5.71 Å². The van der Waals surface area contributed by atoms with Crippen LogP contribution in [0.4, 0.5) is 5.69 Å². The maximum Gasteiger partial charge on any atom is 0.353 e. The van der Waals surface area contributed by atoms with Crippen LogP contribution in [0.1, 0.15) is 22.2 Å². The molecular weight excluding hydrogens is 470 g/mol. The summed E-state index contributed by atoms with van der Waals surface area (Å²) in [6.07, 6.45) is 0. The summed E-state index contributed by atoms with van der Waals surface area (Å²) in [4.78, 5) is 36.4. The van der Waals surface area contributed by atoms with Crippen LogP contribution in [0.2, 0.25) is 0 Å². The molecule has 1 aromatic heterocycles. The fourth-order valence-corrected chi connectivity index (χ4v) is 3.15. The molecule has 0 saturated heterocycles. The number of benzene rings is 2. The van der Waals surface area contributed by atoms with Crippen LogP contribution in [0, 0.1) is 0 Å². The van der Waals surface area contributed by atoms with Gasteiger partial charge in [0.25, 0.3) is 0 Å². The maximum atomic E-state index is 12.0. The number of ether oxygens (including phenoxy) is 1. The van der Waals surface area contributed by atoms with Gasteiger partial charge in [0.15, 0.2) is 0 Å². The highest BCUT2D eigenvalue weighted by Crippen LogP contribution is 2.17. The van der Waals surface area contributed by atoms with Crippen LogP contribution in [0.5, 0.6) is 5.75 Å². The predicted octanol–water partition coefficient (Wildman–Crippen LogP) is 4.21. The average molecular weight is 486 g/mol. The van der Waals surface area contributed by atoms with E-state index in [0.717, 1.165) is 4.47 Å². The SMILES string of the molecule is C/C(=N\NC(=O)C(=O)Nc1ccc(Br)cc1)c1ccc(OC(=O)c2cccs2)cc1. The highest BCUT2D eigenvalue weighted by atomic mass is 79.9. The standard InChI is InChI=1S/C21H16BrN3O4S/c1-13(24-25-20(27)19(26)23-16-8-6-15(22)7-9-16)14-4-10-17(11-5-14)29-21(28)18-3-2-12-30-18/h2-12H,1H3,(H,23,26)(H,25,27)/b24-13+. The Morgan fingerprint density at radius 3 is 2.30 bits per heavy atom. The number of carbonyl (C=O) groups is 3. The van der Waals surface area contributed by atoms with Crippen molar-refractivity contribution in [2.45, 2.75) is 6.92 Å². The van der Waals surface area contributed by atoms with Crippen LogP contribution in [0.3, 0.4) is 0 Å². The van der Waals surface area contributed by atoms with E-state index in [1.54, 1.807) is 73.0 Å². The van der Waals surface area contributed by atoms with E-state index < -0.39 is 17.8 Å². The van der Waals surface area contributed by atoms with Gasteiger partial charge in [0.2, 0.25) is 0 Å². The Bertz CT molecular complexity index is 1080. The number of thiophene rings is 1. The molecule has 0 fully saturated rings. The first-order chi connectivity index (χ1) is 14.4. The third kappa shape index (κ3) is 5.85.